The average Bonchev–Trinajstić information content (AvgIpc) is 2.83. The summed E-state index contributed by atoms with van der Waals surface area (Å²) in [7, 11) is 0. The molecule has 1 amide bonds. The van der Waals surface area contributed by atoms with Gasteiger partial charge < -0.3 is 19.5 Å². The van der Waals surface area contributed by atoms with Gasteiger partial charge in [0.15, 0.2) is 6.29 Å². The molecule has 3 aromatic carbocycles. The van der Waals surface area contributed by atoms with Gasteiger partial charge in [0.2, 0.25) is 5.91 Å². The van der Waals surface area contributed by atoms with Gasteiger partial charge in [-0.05, 0) is 68.7 Å². The Morgan fingerprint density at radius 3 is 2.09 bits per heavy atom. The fraction of sp³-hybridized carbons (Fsp3) is 0.433. The van der Waals surface area contributed by atoms with E-state index >= 15 is 0 Å². The molecule has 3 rings (SSSR count). The van der Waals surface area contributed by atoms with Crippen LogP contribution in [0.5, 0.6) is 5.75 Å². The highest BCUT2D eigenvalue weighted by Crippen LogP contribution is 2.40. The molecule has 0 aliphatic rings. The van der Waals surface area contributed by atoms with Gasteiger partial charge in [-0.2, -0.15) is 0 Å². The lowest BCUT2D eigenvalue weighted by Crippen LogP contribution is -2.49. The Morgan fingerprint density at radius 1 is 0.857 bits per heavy atom. The lowest BCUT2D eigenvalue weighted by Gasteiger charge is -2.39. The lowest BCUT2D eigenvalue weighted by atomic mass is 9.77. The van der Waals surface area contributed by atoms with Crippen molar-refractivity contribution >= 4 is 16.7 Å². The second-order valence-corrected chi connectivity index (χ2v) is 9.62. The largest absolute Gasteiger partial charge is 0.488 e. The molecule has 0 spiro atoms. The van der Waals surface area contributed by atoms with Crippen LogP contribution in [0.2, 0.25) is 0 Å². The molecule has 3 aromatic rings. The molecular weight excluding hydrogens is 438 g/mol. The summed E-state index contributed by atoms with van der Waals surface area (Å²) in [5, 5.41) is 5.57. The number of nitrogens with one attached hydrogen (secondary N) is 1. The molecule has 0 heterocycles. The minimum Gasteiger partial charge on any atom is -0.488 e. The molecule has 0 aliphatic carbocycles. The number of ether oxygens (including phenoxy) is 3. The minimum atomic E-state index is -0.872. The van der Waals surface area contributed by atoms with E-state index < -0.39 is 11.8 Å². The molecule has 1 N–H and O–H groups in total. The highest BCUT2D eigenvalue weighted by atomic mass is 16.7. The zero-order chi connectivity index (χ0) is 25.5. The van der Waals surface area contributed by atoms with Crippen LogP contribution in [0.25, 0.3) is 10.8 Å². The van der Waals surface area contributed by atoms with Gasteiger partial charge in [0, 0.05) is 26.1 Å². The third-order valence-electron chi connectivity index (χ3n) is 5.87. The van der Waals surface area contributed by atoms with E-state index in [0.717, 1.165) is 27.6 Å². The van der Waals surface area contributed by atoms with Crippen LogP contribution in [0.4, 0.5) is 0 Å². The Balaban J connectivity index is 2.25. The van der Waals surface area contributed by atoms with Crippen LogP contribution in [0.1, 0.15) is 65.5 Å². The van der Waals surface area contributed by atoms with E-state index in [4.69, 9.17) is 14.2 Å². The molecule has 5 heteroatoms. The van der Waals surface area contributed by atoms with Crippen LogP contribution < -0.4 is 10.1 Å². The van der Waals surface area contributed by atoms with Crippen molar-refractivity contribution in [2.75, 3.05) is 13.2 Å². The van der Waals surface area contributed by atoms with Crippen molar-refractivity contribution in [3.8, 4) is 5.75 Å². The summed E-state index contributed by atoms with van der Waals surface area (Å²) in [4.78, 5) is 13.0. The summed E-state index contributed by atoms with van der Waals surface area (Å²) in [6, 6.07) is 22.5. The Morgan fingerprint density at radius 2 is 1.49 bits per heavy atom. The van der Waals surface area contributed by atoms with Crippen molar-refractivity contribution in [3.05, 3.63) is 77.9 Å². The van der Waals surface area contributed by atoms with E-state index in [1.54, 1.807) is 0 Å². The summed E-state index contributed by atoms with van der Waals surface area (Å²) < 4.78 is 18.1. The fourth-order valence-corrected chi connectivity index (χ4v) is 4.45. The molecule has 1 atom stereocenters. The van der Waals surface area contributed by atoms with Crippen LogP contribution in [-0.4, -0.2) is 31.0 Å². The smallest absolute Gasteiger partial charge is 0.220 e. The molecule has 5 nitrogen and oxygen atoms in total. The van der Waals surface area contributed by atoms with Crippen molar-refractivity contribution in [1.29, 1.82) is 0 Å². The first-order chi connectivity index (χ1) is 16.7. The number of fused-ring (bicyclic) bond motifs is 1. The first-order valence-corrected chi connectivity index (χ1v) is 12.5. The number of benzene rings is 3. The van der Waals surface area contributed by atoms with Crippen molar-refractivity contribution in [1.82, 2.24) is 5.32 Å². The molecule has 1 unspecified atom stereocenters. The quantitative estimate of drug-likeness (QED) is 0.317. The van der Waals surface area contributed by atoms with E-state index in [9.17, 15) is 4.79 Å². The number of carbonyl (C=O) groups is 1. The molecule has 0 aliphatic heterocycles. The van der Waals surface area contributed by atoms with E-state index in [2.05, 4.69) is 29.6 Å². The third-order valence-corrected chi connectivity index (χ3v) is 5.87. The third kappa shape index (κ3) is 6.62. The van der Waals surface area contributed by atoms with Crippen LogP contribution >= 0.6 is 0 Å². The SMILES string of the molecule is CCOC(CC(NC(=O)CC)(c1ccc(OC(C)(C)C)cc1)c1cccc2ccccc12)OCC. The summed E-state index contributed by atoms with van der Waals surface area (Å²) in [5.41, 5.74) is 0.774. The monoisotopic (exact) mass is 477 g/mol. The van der Waals surface area contributed by atoms with Gasteiger partial charge >= 0.3 is 0 Å². The Kier molecular flexibility index (Phi) is 8.92. The predicted octanol–water partition coefficient (Wildman–Crippen LogP) is 6.58. The Hall–Kier alpha value is -2.89. The van der Waals surface area contributed by atoms with E-state index in [1.807, 2.05) is 84.0 Å². The van der Waals surface area contributed by atoms with Gasteiger partial charge in [0.1, 0.15) is 11.4 Å². The molecular formula is C30H39NO4. The molecule has 0 saturated heterocycles. The Labute approximate surface area is 209 Å². The second-order valence-electron chi connectivity index (χ2n) is 9.62. The van der Waals surface area contributed by atoms with Crippen molar-refractivity contribution in [3.63, 3.8) is 0 Å². The van der Waals surface area contributed by atoms with Crippen molar-refractivity contribution in [2.24, 2.45) is 0 Å². The molecule has 0 fully saturated rings. The number of hydrogen-bond acceptors (Lipinski definition) is 4. The Bertz CT molecular complexity index is 1090. The van der Waals surface area contributed by atoms with Crippen molar-refractivity contribution in [2.45, 2.75) is 71.8 Å². The maximum Gasteiger partial charge on any atom is 0.220 e. The highest BCUT2D eigenvalue weighted by molar-refractivity contribution is 5.88. The van der Waals surface area contributed by atoms with Crippen LogP contribution in [-0.2, 0) is 19.8 Å². The van der Waals surface area contributed by atoms with E-state index in [-0.39, 0.29) is 11.5 Å². The summed E-state index contributed by atoms with van der Waals surface area (Å²) in [6.45, 7) is 12.9. The topological polar surface area (TPSA) is 56.8 Å². The predicted molar refractivity (Wildman–Crippen MR) is 142 cm³/mol. The first kappa shape index (κ1) is 26.7. The molecule has 188 valence electrons. The zero-order valence-corrected chi connectivity index (χ0v) is 21.9. The average molecular weight is 478 g/mol. The maximum atomic E-state index is 13.0. The molecule has 35 heavy (non-hydrogen) atoms. The minimum absolute atomic E-state index is 0.0419. The first-order valence-electron chi connectivity index (χ1n) is 12.5. The van der Waals surface area contributed by atoms with Gasteiger partial charge in [-0.25, -0.2) is 0 Å². The molecule has 0 aromatic heterocycles. The molecule has 0 bridgehead atoms. The standard InChI is InChI=1S/C30H39NO4/c1-7-27(32)31-30(21-28(33-8-2)34-9-3,23-17-19-24(20-18-23)35-29(4,5)6)26-16-12-14-22-13-10-11-15-25(22)26/h10-20,28H,7-9,21H2,1-6H3,(H,31,32). The van der Waals surface area contributed by atoms with E-state index in [1.165, 1.54) is 0 Å². The number of hydrogen-bond donors (Lipinski definition) is 1. The van der Waals surface area contributed by atoms with Crippen LogP contribution in [0, 0.1) is 0 Å². The van der Waals surface area contributed by atoms with E-state index in [0.29, 0.717) is 26.1 Å². The van der Waals surface area contributed by atoms with Crippen molar-refractivity contribution < 1.29 is 19.0 Å². The van der Waals surface area contributed by atoms with Gasteiger partial charge in [-0.15, -0.1) is 0 Å². The maximum absolute atomic E-state index is 13.0. The summed E-state index contributed by atoms with van der Waals surface area (Å²) in [6.07, 6.45) is 0.297. The van der Waals surface area contributed by atoms with Crippen LogP contribution in [0.15, 0.2) is 66.7 Å². The molecule has 0 radical (unpaired) electrons. The fourth-order valence-electron chi connectivity index (χ4n) is 4.45. The number of carbonyl (C=O) groups excluding carboxylic acids is 1. The summed E-state index contributed by atoms with van der Waals surface area (Å²) >= 11 is 0. The van der Waals surface area contributed by atoms with Gasteiger partial charge in [-0.3, -0.25) is 4.79 Å². The summed E-state index contributed by atoms with van der Waals surface area (Å²) in [5.74, 6) is 0.737. The molecule has 0 saturated carbocycles. The lowest BCUT2D eigenvalue weighted by molar-refractivity contribution is -0.150. The van der Waals surface area contributed by atoms with Gasteiger partial charge in [0.25, 0.3) is 0 Å². The van der Waals surface area contributed by atoms with Gasteiger partial charge in [-0.1, -0.05) is 61.5 Å². The number of rotatable bonds is 11. The van der Waals surface area contributed by atoms with Crippen LogP contribution in [0.3, 0.4) is 0 Å². The normalized spacial score (nSPS) is 13.6. The zero-order valence-electron chi connectivity index (χ0n) is 21.9. The van der Waals surface area contributed by atoms with Gasteiger partial charge in [0.05, 0.1) is 5.54 Å². The highest BCUT2D eigenvalue weighted by Gasteiger charge is 2.40. The number of amides is 1. The second kappa shape index (κ2) is 11.7.